The van der Waals surface area contributed by atoms with Crippen LogP contribution >= 0.6 is 0 Å². The van der Waals surface area contributed by atoms with Gasteiger partial charge in [-0.05, 0) is 30.1 Å². The fourth-order valence-electron chi connectivity index (χ4n) is 7.08. The average Bonchev–Trinajstić information content (AvgIpc) is 3.70. The Bertz CT molecular complexity index is 1850. The number of hydrogen-bond donors (Lipinski definition) is 0. The zero-order chi connectivity index (χ0) is 33.1. The van der Waals surface area contributed by atoms with Gasteiger partial charge in [0.2, 0.25) is 0 Å². The second-order valence-electron chi connectivity index (χ2n) is 14.9. The van der Waals surface area contributed by atoms with Crippen molar-refractivity contribution in [3.05, 3.63) is 142 Å². The average molecular weight is 754 g/mol. The van der Waals surface area contributed by atoms with E-state index in [1.54, 1.807) is 16.7 Å². The number of aryl methyl sites for hydroxylation is 1. The van der Waals surface area contributed by atoms with Gasteiger partial charge in [0.1, 0.15) is 0 Å². The van der Waals surface area contributed by atoms with Gasteiger partial charge in [0.05, 0.1) is 0 Å². The van der Waals surface area contributed by atoms with Gasteiger partial charge in [-0.2, -0.15) is 0 Å². The van der Waals surface area contributed by atoms with Gasteiger partial charge < -0.3 is 24.8 Å². The summed E-state index contributed by atoms with van der Waals surface area (Å²) < 4.78 is 1.42. The fourth-order valence-corrected chi connectivity index (χ4v) is 7.90. The number of benzene rings is 4. The van der Waals surface area contributed by atoms with E-state index in [0.29, 0.717) is 0 Å². The Kier molecular flexibility index (Phi) is 14.2. The first kappa shape index (κ1) is 40.0. The molecule has 5 aromatic rings. The minimum absolute atomic E-state index is 0. The number of allylic oxidation sites excluding steroid dienone is 4. The molecule has 0 aromatic heterocycles. The number of halogens is 2. The van der Waals surface area contributed by atoms with E-state index in [1.807, 2.05) is 0 Å². The summed E-state index contributed by atoms with van der Waals surface area (Å²) in [5.41, 5.74) is 12.2. The van der Waals surface area contributed by atoms with E-state index in [0.717, 1.165) is 12.8 Å². The Hall–Kier alpha value is -2.44. The molecule has 0 atom stereocenters. The molecule has 1 aliphatic carbocycles. The van der Waals surface area contributed by atoms with Crippen LogP contribution in [0.1, 0.15) is 114 Å². The van der Waals surface area contributed by atoms with Gasteiger partial charge in [0, 0.05) is 0 Å². The minimum atomic E-state index is 0. The maximum absolute atomic E-state index is 2.51. The molecule has 0 N–H and O–H groups in total. The summed E-state index contributed by atoms with van der Waals surface area (Å²) in [7, 11) is 0. The molecule has 0 radical (unpaired) electrons. The molecule has 0 fully saturated rings. The van der Waals surface area contributed by atoms with Crippen molar-refractivity contribution in [2.45, 2.75) is 98.3 Å². The van der Waals surface area contributed by atoms with E-state index in [2.05, 4.69) is 159 Å². The summed E-state index contributed by atoms with van der Waals surface area (Å²) in [6.07, 6.45) is 12.7. The standard InChI is InChI=1S/C32H41.C13H10.2ClH.Zr/c1-9-13-25-26(14-10-2)30(32(6,7)8)28(21-15-11-12-16-21)27-20-22-19-23(31(3,4)5)17-18-24(22)29(25)27;1-3-7-12(8-4-1)11-13-9-5-2-6-10-13;;;/h11-12,15,17-20H,9-10,13-14,16H2,1-8H3;1-10H;2*1H;/q-1;;;;+2/p-2. The van der Waals surface area contributed by atoms with Crippen LogP contribution in [0.15, 0.2) is 103 Å². The molecular formula is C45H51Cl2Zr-. The molecule has 0 bridgehead atoms. The number of fused-ring (bicyclic) bond motifs is 3. The molecular weight excluding hydrogens is 703 g/mol. The van der Waals surface area contributed by atoms with Gasteiger partial charge in [-0.3, -0.25) is 0 Å². The van der Waals surface area contributed by atoms with Crippen LogP contribution in [0.2, 0.25) is 0 Å². The molecule has 0 heterocycles. The molecule has 0 unspecified atom stereocenters. The van der Waals surface area contributed by atoms with Crippen LogP contribution in [0, 0.1) is 0 Å². The normalized spacial score (nSPS) is 12.7. The van der Waals surface area contributed by atoms with Gasteiger partial charge in [-0.1, -0.05) is 132 Å². The Morgan fingerprint density at radius 2 is 1.29 bits per heavy atom. The van der Waals surface area contributed by atoms with Crippen LogP contribution < -0.4 is 24.8 Å². The number of hydrogen-bond acceptors (Lipinski definition) is 0. The molecule has 6 rings (SSSR count). The topological polar surface area (TPSA) is 0 Å². The van der Waals surface area contributed by atoms with Crippen LogP contribution in [-0.2, 0) is 47.9 Å². The van der Waals surface area contributed by atoms with Crippen molar-refractivity contribution in [3.63, 3.8) is 0 Å². The first-order valence-corrected chi connectivity index (χ1v) is 18.5. The van der Waals surface area contributed by atoms with Gasteiger partial charge in [0.15, 0.2) is 0 Å². The van der Waals surface area contributed by atoms with Crippen molar-refractivity contribution in [2.75, 3.05) is 0 Å². The maximum atomic E-state index is 2.51. The molecule has 0 nitrogen and oxygen atoms in total. The molecule has 0 spiro atoms. The molecule has 0 amide bonds. The van der Waals surface area contributed by atoms with Crippen LogP contribution in [0.25, 0.3) is 27.1 Å². The SMILES string of the molecule is CCCc1c(C(C)(C)C)c(C2=CC=CC2)c2[cH-]c3cc(C(C)(C)C)ccc3c2c1CCC.[Cl-].[Cl-].[Zr+2]=[C](c1ccccc1)c1ccccc1. The summed E-state index contributed by atoms with van der Waals surface area (Å²) in [5, 5.41) is 5.86. The van der Waals surface area contributed by atoms with Crippen molar-refractivity contribution in [1.29, 1.82) is 0 Å². The van der Waals surface area contributed by atoms with E-state index in [1.165, 1.54) is 96.1 Å². The molecule has 48 heavy (non-hydrogen) atoms. The summed E-state index contributed by atoms with van der Waals surface area (Å²) in [4.78, 5) is 0. The zero-order valence-corrected chi connectivity index (χ0v) is 34.1. The van der Waals surface area contributed by atoms with Crippen LogP contribution in [0.3, 0.4) is 0 Å². The quantitative estimate of drug-likeness (QED) is 0.170. The monoisotopic (exact) mass is 751 g/mol. The Morgan fingerprint density at radius 3 is 1.77 bits per heavy atom. The molecule has 250 valence electrons. The second kappa shape index (κ2) is 17.0. The van der Waals surface area contributed by atoms with Crippen molar-refractivity contribution in [1.82, 2.24) is 0 Å². The third-order valence-corrected chi connectivity index (χ3v) is 10.6. The molecule has 5 aromatic carbocycles. The predicted octanol–water partition coefficient (Wildman–Crippen LogP) is 6.37. The summed E-state index contributed by atoms with van der Waals surface area (Å²) in [6, 6.07) is 30.8. The summed E-state index contributed by atoms with van der Waals surface area (Å²) in [5.74, 6) is 0. The molecule has 1 aliphatic rings. The first-order chi connectivity index (χ1) is 22.0. The Balaban J connectivity index is 0.000000329. The van der Waals surface area contributed by atoms with E-state index in [-0.39, 0.29) is 35.6 Å². The molecule has 0 saturated carbocycles. The van der Waals surface area contributed by atoms with Gasteiger partial charge in [-0.15, -0.1) is 33.7 Å². The van der Waals surface area contributed by atoms with Crippen molar-refractivity contribution in [2.24, 2.45) is 0 Å². The summed E-state index contributed by atoms with van der Waals surface area (Å²) in [6.45, 7) is 18.9. The van der Waals surface area contributed by atoms with Gasteiger partial charge >= 0.3 is 99.2 Å². The van der Waals surface area contributed by atoms with Crippen LogP contribution in [-0.4, -0.2) is 3.21 Å². The zero-order valence-electron chi connectivity index (χ0n) is 30.1. The van der Waals surface area contributed by atoms with Crippen molar-refractivity contribution in [3.8, 4) is 0 Å². The van der Waals surface area contributed by atoms with Crippen molar-refractivity contribution < 1.29 is 49.0 Å². The van der Waals surface area contributed by atoms with Crippen LogP contribution in [0.5, 0.6) is 0 Å². The fraction of sp³-hybridized carbons (Fsp3) is 0.333. The van der Waals surface area contributed by atoms with Crippen LogP contribution in [0.4, 0.5) is 0 Å². The van der Waals surface area contributed by atoms with E-state index < -0.39 is 0 Å². The Labute approximate surface area is 317 Å². The van der Waals surface area contributed by atoms with E-state index in [9.17, 15) is 0 Å². The third-order valence-electron chi connectivity index (χ3n) is 9.21. The summed E-state index contributed by atoms with van der Waals surface area (Å²) >= 11 is 1.46. The number of rotatable bonds is 7. The Morgan fingerprint density at radius 1 is 0.729 bits per heavy atom. The predicted molar refractivity (Wildman–Crippen MR) is 200 cm³/mol. The second-order valence-corrected chi connectivity index (χ2v) is 16.1. The van der Waals surface area contributed by atoms with Gasteiger partial charge in [0.25, 0.3) is 0 Å². The molecule has 3 heteroatoms. The van der Waals surface area contributed by atoms with Crippen molar-refractivity contribution >= 4 is 30.3 Å². The molecule has 0 aliphatic heterocycles. The first-order valence-electron chi connectivity index (χ1n) is 17.2. The van der Waals surface area contributed by atoms with E-state index in [4.69, 9.17) is 0 Å². The molecule has 0 saturated heterocycles. The van der Waals surface area contributed by atoms with E-state index >= 15 is 0 Å². The third kappa shape index (κ3) is 8.64. The van der Waals surface area contributed by atoms with Gasteiger partial charge in [-0.25, -0.2) is 0 Å².